The van der Waals surface area contributed by atoms with Crippen LogP contribution >= 0.6 is 15.9 Å². The van der Waals surface area contributed by atoms with E-state index in [4.69, 9.17) is 0 Å². The molecule has 10 heteroatoms. The number of hydrogen-bond acceptors (Lipinski definition) is 4. The number of nitrogens with one attached hydrogen (secondary N) is 1. The van der Waals surface area contributed by atoms with Gasteiger partial charge in [0.05, 0.1) is 11.9 Å². The lowest BCUT2D eigenvalue weighted by Gasteiger charge is -2.32. The number of carbonyl (C=O) groups excluding carboxylic acids is 2. The van der Waals surface area contributed by atoms with Gasteiger partial charge in [-0.15, -0.1) is 0 Å². The largest absolute Gasteiger partial charge is 0.354 e. The fourth-order valence-corrected chi connectivity index (χ4v) is 5.63. The molecule has 0 saturated heterocycles. The maximum absolute atomic E-state index is 14.5. The Morgan fingerprint density at radius 2 is 1.56 bits per heavy atom. The second-order valence-electron chi connectivity index (χ2n) is 10.4. The van der Waals surface area contributed by atoms with E-state index in [1.54, 1.807) is 11.0 Å². The van der Waals surface area contributed by atoms with Crippen molar-refractivity contribution in [2.45, 2.75) is 45.7 Å². The van der Waals surface area contributed by atoms with Crippen molar-refractivity contribution >= 4 is 43.5 Å². The quantitative estimate of drug-likeness (QED) is 0.249. The predicted octanol–water partition coefficient (Wildman–Crippen LogP) is 5.55. The summed E-state index contributed by atoms with van der Waals surface area (Å²) in [5, 5.41) is 2.99. The summed E-state index contributed by atoms with van der Waals surface area (Å²) in [6.07, 6.45) is 1.44. The number of nitrogens with zero attached hydrogens (tertiary/aromatic N) is 2. The fraction of sp³-hybridized carbons (Fsp3) is 0.355. The Morgan fingerprint density at radius 3 is 2.17 bits per heavy atom. The van der Waals surface area contributed by atoms with E-state index in [2.05, 4.69) is 21.2 Å². The highest BCUT2D eigenvalue weighted by atomic mass is 79.9. The van der Waals surface area contributed by atoms with Gasteiger partial charge in [-0.3, -0.25) is 13.9 Å². The van der Waals surface area contributed by atoms with E-state index in [1.165, 1.54) is 18.2 Å². The highest BCUT2D eigenvalue weighted by molar-refractivity contribution is 9.10. The summed E-state index contributed by atoms with van der Waals surface area (Å²) in [6, 6.07) is 21.9. The second kappa shape index (κ2) is 15.1. The van der Waals surface area contributed by atoms with Crippen LogP contribution in [0.3, 0.4) is 0 Å². The first-order valence-corrected chi connectivity index (χ1v) is 16.2. The molecule has 7 nitrogen and oxygen atoms in total. The van der Waals surface area contributed by atoms with Crippen LogP contribution in [0.4, 0.5) is 10.1 Å². The van der Waals surface area contributed by atoms with Crippen molar-refractivity contribution in [1.82, 2.24) is 10.2 Å². The Morgan fingerprint density at radius 1 is 0.927 bits per heavy atom. The van der Waals surface area contributed by atoms with Gasteiger partial charge < -0.3 is 10.2 Å². The molecule has 0 aliphatic carbocycles. The molecule has 3 aromatic rings. The van der Waals surface area contributed by atoms with Crippen LogP contribution in [0.15, 0.2) is 83.3 Å². The molecule has 0 unspecified atom stereocenters. The molecule has 0 fully saturated rings. The molecule has 3 rings (SSSR count). The van der Waals surface area contributed by atoms with E-state index in [9.17, 15) is 22.4 Å². The monoisotopic (exact) mass is 645 g/mol. The molecular weight excluding hydrogens is 609 g/mol. The lowest BCUT2D eigenvalue weighted by Crippen LogP contribution is -2.51. The lowest BCUT2D eigenvalue weighted by atomic mass is 10.0. The number of anilines is 1. The number of benzene rings is 3. The molecule has 2 amide bonds. The third-order valence-electron chi connectivity index (χ3n) is 6.50. The van der Waals surface area contributed by atoms with Crippen molar-refractivity contribution in [2.24, 2.45) is 5.92 Å². The lowest BCUT2D eigenvalue weighted by molar-refractivity contribution is -0.141. The van der Waals surface area contributed by atoms with Gasteiger partial charge in [-0.05, 0) is 47.7 Å². The van der Waals surface area contributed by atoms with Gasteiger partial charge >= 0.3 is 0 Å². The van der Waals surface area contributed by atoms with Gasteiger partial charge in [0.15, 0.2) is 0 Å². The summed E-state index contributed by atoms with van der Waals surface area (Å²) in [4.78, 5) is 28.9. The average molecular weight is 647 g/mol. The van der Waals surface area contributed by atoms with Gasteiger partial charge in [0, 0.05) is 36.9 Å². The van der Waals surface area contributed by atoms with Crippen LogP contribution in [0, 0.1) is 11.7 Å². The van der Waals surface area contributed by atoms with Crippen molar-refractivity contribution in [2.75, 3.05) is 23.7 Å². The van der Waals surface area contributed by atoms with E-state index in [0.29, 0.717) is 13.0 Å². The predicted molar refractivity (Wildman–Crippen MR) is 164 cm³/mol. The molecule has 0 heterocycles. The van der Waals surface area contributed by atoms with Crippen LogP contribution in [0.1, 0.15) is 37.8 Å². The number of halogens is 2. The van der Waals surface area contributed by atoms with Crippen LogP contribution in [-0.2, 0) is 32.6 Å². The number of hydrogen-bond donors (Lipinski definition) is 1. The number of carbonyl (C=O) groups is 2. The first kappa shape index (κ1) is 32.3. The van der Waals surface area contributed by atoms with Crippen molar-refractivity contribution in [1.29, 1.82) is 0 Å². The average Bonchev–Trinajstić information content (AvgIpc) is 2.93. The Balaban J connectivity index is 1.88. The van der Waals surface area contributed by atoms with Crippen molar-refractivity contribution in [3.63, 3.8) is 0 Å². The van der Waals surface area contributed by atoms with Gasteiger partial charge in [-0.25, -0.2) is 12.8 Å². The highest BCUT2D eigenvalue weighted by Gasteiger charge is 2.30. The molecule has 41 heavy (non-hydrogen) atoms. The van der Waals surface area contributed by atoms with Crippen LogP contribution in [0.2, 0.25) is 0 Å². The zero-order chi connectivity index (χ0) is 30.0. The van der Waals surface area contributed by atoms with E-state index < -0.39 is 21.9 Å². The van der Waals surface area contributed by atoms with Crippen LogP contribution in [0.5, 0.6) is 0 Å². The van der Waals surface area contributed by atoms with E-state index in [-0.39, 0.29) is 49.4 Å². The Bertz CT molecular complexity index is 1400. The third-order valence-corrected chi connectivity index (χ3v) is 8.20. The van der Waals surface area contributed by atoms with Gasteiger partial charge in [0.2, 0.25) is 21.8 Å². The zero-order valence-corrected chi connectivity index (χ0v) is 26.0. The SMILES string of the molecule is CC(C)CNC(=O)[C@@H](Cc1ccccc1)N(Cc1ccc(Br)cc1)C(=O)CCCN(c1ccccc1F)S(C)(=O)=O. The normalized spacial score (nSPS) is 12.1. The Labute approximate surface area is 250 Å². The molecule has 0 bridgehead atoms. The second-order valence-corrected chi connectivity index (χ2v) is 13.2. The van der Waals surface area contributed by atoms with Crippen LogP contribution in [0.25, 0.3) is 0 Å². The van der Waals surface area contributed by atoms with E-state index in [0.717, 1.165) is 26.2 Å². The number of rotatable bonds is 14. The first-order chi connectivity index (χ1) is 19.5. The van der Waals surface area contributed by atoms with Crippen LogP contribution < -0.4 is 9.62 Å². The summed E-state index contributed by atoms with van der Waals surface area (Å²) in [6.45, 7) is 4.58. The number of amides is 2. The molecule has 0 saturated carbocycles. The van der Waals surface area contributed by atoms with Gasteiger partial charge in [-0.2, -0.15) is 0 Å². The maximum atomic E-state index is 14.5. The number of para-hydroxylation sites is 1. The van der Waals surface area contributed by atoms with Crippen LogP contribution in [-0.4, -0.2) is 50.5 Å². The molecule has 0 aliphatic rings. The number of sulfonamides is 1. The van der Waals surface area contributed by atoms with Crippen molar-refractivity contribution in [3.8, 4) is 0 Å². The minimum Gasteiger partial charge on any atom is -0.354 e. The minimum absolute atomic E-state index is 0.0280. The van der Waals surface area contributed by atoms with Crippen molar-refractivity contribution < 1.29 is 22.4 Å². The molecule has 0 spiro atoms. The fourth-order valence-electron chi connectivity index (χ4n) is 4.40. The Kier molecular flexibility index (Phi) is 11.9. The standard InChI is InChI=1S/C31H37BrFN3O4S/c1-23(2)21-34-31(38)29(20-24-10-5-4-6-11-24)35(22-25-15-17-26(32)18-16-25)30(37)14-9-19-36(41(3,39)40)28-13-8-7-12-27(28)33/h4-8,10-13,15-18,23,29H,9,14,19-22H2,1-3H3,(H,34,38)/t29-/m1/s1. The van der Waals surface area contributed by atoms with E-state index in [1.807, 2.05) is 68.4 Å². The molecule has 0 aromatic heterocycles. The van der Waals surface area contributed by atoms with Gasteiger partial charge in [0.1, 0.15) is 11.9 Å². The first-order valence-electron chi connectivity index (χ1n) is 13.5. The summed E-state index contributed by atoms with van der Waals surface area (Å²) in [5.41, 5.74) is 1.69. The maximum Gasteiger partial charge on any atom is 0.243 e. The van der Waals surface area contributed by atoms with Gasteiger partial charge in [0.25, 0.3) is 0 Å². The minimum atomic E-state index is -3.80. The smallest absolute Gasteiger partial charge is 0.243 e. The summed E-state index contributed by atoms with van der Waals surface area (Å²) in [7, 11) is -3.80. The topological polar surface area (TPSA) is 86.8 Å². The Hall–Kier alpha value is -3.24. The molecule has 0 aliphatic heterocycles. The zero-order valence-electron chi connectivity index (χ0n) is 23.6. The molecular formula is C31H37BrFN3O4S. The summed E-state index contributed by atoms with van der Waals surface area (Å²) in [5.74, 6) is -0.981. The third kappa shape index (κ3) is 9.97. The summed E-state index contributed by atoms with van der Waals surface area (Å²) < 4.78 is 41.3. The van der Waals surface area contributed by atoms with Gasteiger partial charge in [-0.1, -0.05) is 84.4 Å². The molecule has 1 atom stereocenters. The molecule has 1 N–H and O–H groups in total. The molecule has 220 valence electrons. The van der Waals surface area contributed by atoms with Crippen molar-refractivity contribution in [3.05, 3.63) is 100 Å². The summed E-state index contributed by atoms with van der Waals surface area (Å²) >= 11 is 3.43. The van der Waals surface area contributed by atoms with E-state index >= 15 is 0 Å². The molecule has 3 aromatic carbocycles. The highest BCUT2D eigenvalue weighted by Crippen LogP contribution is 2.23. The molecule has 0 radical (unpaired) electrons.